The van der Waals surface area contributed by atoms with E-state index in [1.807, 2.05) is 18.7 Å². The molecule has 1 aliphatic heterocycles. The number of amides is 2. The van der Waals surface area contributed by atoms with E-state index in [1.165, 1.54) is 12.1 Å². The third kappa shape index (κ3) is 3.27. The van der Waals surface area contributed by atoms with Gasteiger partial charge in [0.25, 0.3) is 0 Å². The van der Waals surface area contributed by atoms with E-state index in [0.29, 0.717) is 5.69 Å². The molecule has 2 amide bonds. The molecule has 3 N–H and O–H groups in total. The van der Waals surface area contributed by atoms with Gasteiger partial charge in [-0.1, -0.05) is 6.07 Å². The number of piperidine rings is 1. The minimum absolute atomic E-state index is 0.150. The van der Waals surface area contributed by atoms with Crippen LogP contribution in [0, 0.1) is 12.1 Å². The lowest BCUT2D eigenvalue weighted by atomic mass is 10.0. The minimum atomic E-state index is -0.994. The van der Waals surface area contributed by atoms with Crippen LogP contribution in [-0.4, -0.2) is 28.7 Å². The van der Waals surface area contributed by atoms with Gasteiger partial charge < -0.3 is 15.4 Å². The minimum Gasteiger partial charge on any atom is -0.595 e. The Labute approximate surface area is 118 Å². The maximum Gasteiger partial charge on any atom is 0.322 e. The van der Waals surface area contributed by atoms with Crippen LogP contribution < -0.4 is 10.5 Å². The normalized spacial score (nSPS) is 20.6. The third-order valence-corrected chi connectivity index (χ3v) is 3.79. The van der Waals surface area contributed by atoms with Crippen molar-refractivity contribution < 1.29 is 15.2 Å². The van der Waals surface area contributed by atoms with Crippen LogP contribution in [0.5, 0.6) is 0 Å². The maximum atomic E-state index is 12.3. The van der Waals surface area contributed by atoms with Gasteiger partial charge >= 0.3 is 6.03 Å². The van der Waals surface area contributed by atoms with E-state index >= 15 is 0 Å². The molecule has 110 valence electrons. The molecule has 6 heteroatoms. The average Bonchev–Trinajstić information content (AvgIpc) is 2.41. The predicted octanol–water partition coefficient (Wildman–Crippen LogP) is 1.80. The number of nitrogens with zero attached hydrogens (tertiary/aromatic N) is 1. The number of urea groups is 1. The first-order valence-electron chi connectivity index (χ1n) is 6.90. The number of carbonyl (C=O) groups is 1. The molecular formula is C14H21N3O3. The van der Waals surface area contributed by atoms with Gasteiger partial charge in [-0.25, -0.2) is 10.0 Å². The Morgan fingerprint density at radius 1 is 1.50 bits per heavy atom. The number of rotatable bonds is 2. The number of hydrogen-bond donors (Lipinski definition) is 3. The molecule has 1 aromatic carbocycles. The van der Waals surface area contributed by atoms with Crippen molar-refractivity contribution in [1.82, 2.24) is 4.90 Å². The molecule has 1 aliphatic rings. The van der Waals surface area contributed by atoms with Crippen molar-refractivity contribution in [3.63, 3.8) is 0 Å². The third-order valence-electron chi connectivity index (χ3n) is 3.79. The first kappa shape index (κ1) is 14.8. The molecule has 0 bridgehead atoms. The van der Waals surface area contributed by atoms with Crippen molar-refractivity contribution in [3.8, 4) is 0 Å². The van der Waals surface area contributed by atoms with E-state index in [9.17, 15) is 10.0 Å². The number of anilines is 1. The van der Waals surface area contributed by atoms with Gasteiger partial charge in [0, 0.05) is 24.7 Å². The van der Waals surface area contributed by atoms with Crippen molar-refractivity contribution in [2.24, 2.45) is 0 Å². The van der Waals surface area contributed by atoms with Gasteiger partial charge in [0.15, 0.2) is 5.69 Å². The van der Waals surface area contributed by atoms with Gasteiger partial charge in [-0.3, -0.25) is 0 Å². The van der Waals surface area contributed by atoms with Gasteiger partial charge in [-0.05, 0) is 38.7 Å². The van der Waals surface area contributed by atoms with E-state index in [1.54, 1.807) is 6.07 Å². The average molecular weight is 279 g/mol. The highest BCUT2D eigenvalue weighted by molar-refractivity contribution is 5.90. The summed E-state index contributed by atoms with van der Waals surface area (Å²) in [6.07, 6.45) is 3.19. The summed E-state index contributed by atoms with van der Waals surface area (Å²) in [5, 5.41) is 21.8. The molecule has 2 atom stereocenters. The second kappa shape index (κ2) is 6.21. The summed E-state index contributed by atoms with van der Waals surface area (Å²) in [4.78, 5) is 14.1. The second-order valence-corrected chi connectivity index (χ2v) is 5.30. The van der Waals surface area contributed by atoms with Gasteiger partial charge in [0.05, 0.1) is 5.69 Å². The number of carbonyl (C=O) groups excluding carboxylic acids is 1. The fourth-order valence-corrected chi connectivity index (χ4v) is 2.48. The summed E-state index contributed by atoms with van der Waals surface area (Å²) >= 11 is 0. The molecule has 1 saturated heterocycles. The number of benzene rings is 1. The number of nitrogens with one attached hydrogen (secondary N) is 2. The van der Waals surface area contributed by atoms with Crippen LogP contribution in [0.3, 0.4) is 0 Å². The van der Waals surface area contributed by atoms with E-state index in [4.69, 9.17) is 5.21 Å². The van der Waals surface area contributed by atoms with Crippen LogP contribution in [0.4, 0.5) is 16.2 Å². The zero-order valence-electron chi connectivity index (χ0n) is 11.8. The molecule has 6 nitrogen and oxygen atoms in total. The van der Waals surface area contributed by atoms with Crippen molar-refractivity contribution in [2.45, 2.75) is 39.2 Å². The van der Waals surface area contributed by atoms with Crippen LogP contribution in [0.2, 0.25) is 0 Å². The first-order valence-corrected chi connectivity index (χ1v) is 6.90. The highest BCUT2D eigenvalue weighted by Gasteiger charge is 2.23. The Kier molecular flexibility index (Phi) is 4.59. The first-order chi connectivity index (χ1) is 9.49. The lowest BCUT2D eigenvalue weighted by Gasteiger charge is -2.33. The topological polar surface area (TPSA) is 80.1 Å². The number of aryl methyl sites for hydroxylation is 1. The highest BCUT2D eigenvalue weighted by Crippen LogP contribution is 2.21. The Morgan fingerprint density at radius 2 is 2.25 bits per heavy atom. The lowest BCUT2D eigenvalue weighted by molar-refractivity contribution is -0.991. The zero-order chi connectivity index (χ0) is 14.7. The predicted molar refractivity (Wildman–Crippen MR) is 76.0 cm³/mol. The molecule has 0 aliphatic carbocycles. The number of quaternary nitrogens is 1. The largest absolute Gasteiger partial charge is 0.595 e. The van der Waals surface area contributed by atoms with Gasteiger partial charge in [0.2, 0.25) is 0 Å². The molecule has 1 fully saturated rings. The monoisotopic (exact) mass is 279 g/mol. The molecule has 0 spiro atoms. The molecule has 2 unspecified atom stereocenters. The molecule has 20 heavy (non-hydrogen) atoms. The number of likely N-dealkylation sites (tertiary alicyclic amines) is 1. The molecule has 0 radical (unpaired) electrons. The van der Waals surface area contributed by atoms with Crippen LogP contribution in [0.15, 0.2) is 18.2 Å². The summed E-state index contributed by atoms with van der Waals surface area (Å²) in [7, 11) is 0. The molecule has 1 aromatic rings. The van der Waals surface area contributed by atoms with Crippen molar-refractivity contribution in [1.29, 1.82) is 0 Å². The molecule has 1 heterocycles. The van der Waals surface area contributed by atoms with Crippen LogP contribution in [-0.2, 0) is 0 Å². The van der Waals surface area contributed by atoms with Crippen molar-refractivity contribution in [3.05, 3.63) is 29.0 Å². The van der Waals surface area contributed by atoms with E-state index < -0.39 is 5.23 Å². The quantitative estimate of drug-likeness (QED) is 0.722. The smallest absolute Gasteiger partial charge is 0.322 e. The summed E-state index contributed by atoms with van der Waals surface area (Å²) < 4.78 is 0. The highest BCUT2D eigenvalue weighted by atomic mass is 16.8. The summed E-state index contributed by atoms with van der Waals surface area (Å²) in [5.41, 5.74) is 1.60. The fourth-order valence-electron chi connectivity index (χ4n) is 2.48. The van der Waals surface area contributed by atoms with E-state index in [-0.39, 0.29) is 17.8 Å². The van der Waals surface area contributed by atoms with Crippen LogP contribution >= 0.6 is 0 Å². The van der Waals surface area contributed by atoms with Crippen LogP contribution in [0.25, 0.3) is 0 Å². The summed E-state index contributed by atoms with van der Waals surface area (Å²) in [6.45, 7) is 4.64. The zero-order valence-corrected chi connectivity index (χ0v) is 11.8. The SMILES string of the molecule is Cc1ccc([NH+]([O-])O)cc1NC(=O)N1CCCCC1C. The summed E-state index contributed by atoms with van der Waals surface area (Å²) in [5.74, 6) is 0. The van der Waals surface area contributed by atoms with Crippen molar-refractivity contribution >= 4 is 17.4 Å². The summed E-state index contributed by atoms with van der Waals surface area (Å²) in [6, 6.07) is 4.83. The lowest BCUT2D eigenvalue weighted by Crippen LogP contribution is -2.99. The van der Waals surface area contributed by atoms with Gasteiger partial charge in [0.1, 0.15) is 0 Å². The van der Waals surface area contributed by atoms with Crippen LogP contribution in [0.1, 0.15) is 31.7 Å². The van der Waals surface area contributed by atoms with Gasteiger partial charge in [-0.2, -0.15) is 5.23 Å². The maximum absolute atomic E-state index is 12.3. The second-order valence-electron chi connectivity index (χ2n) is 5.30. The van der Waals surface area contributed by atoms with Gasteiger partial charge in [-0.15, -0.1) is 0 Å². The Hall–Kier alpha value is -1.63. The Bertz CT molecular complexity index is 491. The number of hydrogen-bond acceptors (Lipinski definition) is 3. The molecular weight excluding hydrogens is 258 g/mol. The van der Waals surface area contributed by atoms with Crippen molar-refractivity contribution in [2.75, 3.05) is 11.9 Å². The standard InChI is InChI=1S/C14H21N3O3/c1-10-6-7-12(17(19)20)9-13(10)15-14(18)16-8-4-3-5-11(16)2/h6-7,9,11,17,19H,3-5,8H2,1-2H3,(H,15,18). The van der Waals surface area contributed by atoms with E-state index in [2.05, 4.69) is 5.32 Å². The Balaban J connectivity index is 2.12. The Morgan fingerprint density at radius 3 is 2.90 bits per heavy atom. The fraction of sp³-hybridized carbons (Fsp3) is 0.500. The van der Waals surface area contributed by atoms with E-state index in [0.717, 1.165) is 31.4 Å². The molecule has 0 aromatic heterocycles. The molecule has 0 saturated carbocycles. The molecule has 2 rings (SSSR count).